The van der Waals surface area contributed by atoms with Gasteiger partial charge in [-0.25, -0.2) is 8.78 Å². The quantitative estimate of drug-likeness (QED) is 0.842. The van der Waals surface area contributed by atoms with E-state index in [1.165, 1.54) is 0 Å². The number of fused-ring (bicyclic) bond motifs is 3. The van der Waals surface area contributed by atoms with Crippen LogP contribution in [0.1, 0.15) is 27.7 Å². The van der Waals surface area contributed by atoms with E-state index in [-0.39, 0.29) is 5.69 Å². The normalized spacial score (nSPS) is 36.1. The van der Waals surface area contributed by atoms with Crippen molar-refractivity contribution in [3.63, 3.8) is 0 Å². The van der Waals surface area contributed by atoms with Crippen LogP contribution in [0.3, 0.4) is 0 Å². The summed E-state index contributed by atoms with van der Waals surface area (Å²) < 4.78 is 56.1. The van der Waals surface area contributed by atoms with Crippen LogP contribution in [0.4, 0.5) is 14.5 Å². The van der Waals surface area contributed by atoms with E-state index in [4.69, 9.17) is 23.7 Å². The smallest absolute Gasteiger partial charge is 0.256 e. The summed E-state index contributed by atoms with van der Waals surface area (Å²) in [5.41, 5.74) is -0.161. The van der Waals surface area contributed by atoms with Gasteiger partial charge in [-0.1, -0.05) is 0 Å². The van der Waals surface area contributed by atoms with Gasteiger partial charge in [0, 0.05) is 6.07 Å². The van der Waals surface area contributed by atoms with Gasteiger partial charge in [-0.05, 0) is 39.8 Å². The van der Waals surface area contributed by atoms with Crippen molar-refractivity contribution < 1.29 is 37.3 Å². The SMILES string of the molecule is CC1(C)O[C@@H]2O[C@H](C(=O)Nc3ccc(F)cc3F)[C@@H]3OC(C)(C)O[C@H]3[C@@H]2O1. The van der Waals surface area contributed by atoms with Gasteiger partial charge in [0.05, 0.1) is 5.69 Å². The van der Waals surface area contributed by atoms with E-state index in [9.17, 15) is 13.6 Å². The van der Waals surface area contributed by atoms with Crippen LogP contribution in [-0.4, -0.2) is 48.2 Å². The molecule has 148 valence electrons. The molecule has 0 spiro atoms. The minimum absolute atomic E-state index is 0.161. The van der Waals surface area contributed by atoms with Gasteiger partial charge in [0.25, 0.3) is 5.91 Å². The summed E-state index contributed by atoms with van der Waals surface area (Å²) in [4.78, 5) is 12.8. The van der Waals surface area contributed by atoms with Gasteiger partial charge in [-0.2, -0.15) is 0 Å². The molecule has 1 amide bonds. The number of benzene rings is 1. The number of halogens is 2. The summed E-state index contributed by atoms with van der Waals surface area (Å²) in [6.45, 7) is 6.90. The van der Waals surface area contributed by atoms with E-state index in [2.05, 4.69) is 5.32 Å². The second kappa shape index (κ2) is 6.18. The molecule has 0 aromatic heterocycles. The van der Waals surface area contributed by atoms with Crippen LogP contribution in [0.15, 0.2) is 18.2 Å². The maximum absolute atomic E-state index is 13.9. The molecule has 3 aliphatic heterocycles. The standard InChI is InChI=1S/C18H21F2NO6/c1-17(2)24-11-12(25-17)14-16(27-18(3,4)26-14)23-13(11)15(22)21-10-6-5-8(19)7-9(10)20/h5-7,11-14,16H,1-4H3,(H,21,22)/t11-,12-,13+,14+,16+/m1/s1. The molecule has 3 saturated heterocycles. The summed E-state index contributed by atoms with van der Waals surface area (Å²) in [6, 6.07) is 2.87. The molecular weight excluding hydrogens is 364 g/mol. The molecule has 0 unspecified atom stereocenters. The molecule has 0 bridgehead atoms. The Morgan fingerprint density at radius 1 is 0.963 bits per heavy atom. The van der Waals surface area contributed by atoms with Crippen LogP contribution in [0.2, 0.25) is 0 Å². The monoisotopic (exact) mass is 385 g/mol. The third-order valence-corrected chi connectivity index (χ3v) is 4.60. The number of hydrogen-bond acceptors (Lipinski definition) is 6. The Morgan fingerprint density at radius 3 is 2.30 bits per heavy atom. The zero-order valence-electron chi connectivity index (χ0n) is 15.3. The first kappa shape index (κ1) is 18.7. The van der Waals surface area contributed by atoms with E-state index in [0.717, 1.165) is 12.1 Å². The number of carbonyl (C=O) groups excluding carboxylic acids is 1. The van der Waals surface area contributed by atoms with Crippen molar-refractivity contribution in [2.45, 2.75) is 70.0 Å². The third kappa shape index (κ3) is 3.45. The predicted molar refractivity (Wildman–Crippen MR) is 87.5 cm³/mol. The zero-order chi connectivity index (χ0) is 19.6. The van der Waals surface area contributed by atoms with Gasteiger partial charge in [-0.15, -0.1) is 0 Å². The Hall–Kier alpha value is -1.65. The van der Waals surface area contributed by atoms with E-state index < -0.39 is 59.8 Å². The molecule has 9 heteroatoms. The van der Waals surface area contributed by atoms with Gasteiger partial charge in [0.15, 0.2) is 24.0 Å². The van der Waals surface area contributed by atoms with Crippen molar-refractivity contribution in [2.75, 3.05) is 5.32 Å². The minimum atomic E-state index is -1.13. The van der Waals surface area contributed by atoms with Gasteiger partial charge in [0.1, 0.15) is 29.9 Å². The molecule has 3 aliphatic rings. The predicted octanol–water partition coefficient (Wildman–Crippen LogP) is 2.30. The van der Waals surface area contributed by atoms with Crippen LogP contribution in [0, 0.1) is 11.6 Å². The van der Waals surface area contributed by atoms with E-state index in [1.54, 1.807) is 27.7 Å². The molecule has 1 aromatic carbocycles. The lowest BCUT2D eigenvalue weighted by molar-refractivity contribution is -0.229. The average molecular weight is 385 g/mol. The van der Waals surface area contributed by atoms with Crippen LogP contribution in [0.25, 0.3) is 0 Å². The van der Waals surface area contributed by atoms with Crippen LogP contribution in [-0.2, 0) is 28.5 Å². The molecule has 0 aliphatic carbocycles. The van der Waals surface area contributed by atoms with Crippen LogP contribution >= 0.6 is 0 Å². The Balaban J connectivity index is 1.59. The van der Waals surface area contributed by atoms with Gasteiger partial charge in [0.2, 0.25) is 0 Å². The molecule has 1 N–H and O–H groups in total. The second-order valence-electron chi connectivity index (χ2n) is 7.70. The highest BCUT2D eigenvalue weighted by atomic mass is 19.1. The highest BCUT2D eigenvalue weighted by Gasteiger charge is 2.62. The number of hydrogen-bond donors (Lipinski definition) is 1. The highest BCUT2D eigenvalue weighted by Crippen LogP contribution is 2.44. The number of carbonyl (C=O) groups is 1. The molecule has 4 rings (SSSR count). The number of amides is 1. The number of ether oxygens (including phenoxy) is 5. The van der Waals surface area contributed by atoms with E-state index in [1.807, 2.05) is 0 Å². The number of rotatable bonds is 2. The van der Waals surface area contributed by atoms with E-state index >= 15 is 0 Å². The van der Waals surface area contributed by atoms with Gasteiger partial charge >= 0.3 is 0 Å². The zero-order valence-corrected chi connectivity index (χ0v) is 15.3. The first-order valence-electron chi connectivity index (χ1n) is 8.67. The Labute approximate surface area is 154 Å². The van der Waals surface area contributed by atoms with Crippen molar-refractivity contribution in [3.05, 3.63) is 29.8 Å². The molecule has 1 aromatic rings. The average Bonchev–Trinajstić information content (AvgIpc) is 3.03. The van der Waals surface area contributed by atoms with Crippen LogP contribution in [0.5, 0.6) is 0 Å². The lowest BCUT2D eigenvalue weighted by atomic mass is 9.98. The summed E-state index contributed by atoms with van der Waals surface area (Å²) in [7, 11) is 0. The van der Waals surface area contributed by atoms with Crippen LogP contribution < -0.4 is 5.32 Å². The molecule has 0 radical (unpaired) electrons. The number of nitrogens with one attached hydrogen (secondary N) is 1. The first-order chi connectivity index (χ1) is 12.5. The molecule has 5 atom stereocenters. The molecule has 3 heterocycles. The fourth-order valence-corrected chi connectivity index (χ4v) is 3.62. The largest absolute Gasteiger partial charge is 0.342 e. The third-order valence-electron chi connectivity index (χ3n) is 4.60. The van der Waals surface area contributed by atoms with Gasteiger partial charge < -0.3 is 29.0 Å². The lowest BCUT2D eigenvalue weighted by Crippen LogP contribution is -2.58. The second-order valence-corrected chi connectivity index (χ2v) is 7.70. The lowest BCUT2D eigenvalue weighted by Gasteiger charge is -2.36. The van der Waals surface area contributed by atoms with Crippen molar-refractivity contribution in [3.8, 4) is 0 Å². The molecule has 27 heavy (non-hydrogen) atoms. The summed E-state index contributed by atoms with van der Waals surface area (Å²) >= 11 is 0. The maximum atomic E-state index is 13.9. The van der Waals surface area contributed by atoms with Crippen molar-refractivity contribution >= 4 is 11.6 Å². The van der Waals surface area contributed by atoms with Crippen molar-refractivity contribution in [1.29, 1.82) is 0 Å². The molecule has 3 fully saturated rings. The van der Waals surface area contributed by atoms with E-state index in [0.29, 0.717) is 6.07 Å². The fourth-order valence-electron chi connectivity index (χ4n) is 3.62. The maximum Gasteiger partial charge on any atom is 0.256 e. The Morgan fingerprint density at radius 2 is 1.59 bits per heavy atom. The Kier molecular flexibility index (Phi) is 4.28. The molecule has 0 saturated carbocycles. The molecular formula is C18H21F2NO6. The molecule has 7 nitrogen and oxygen atoms in total. The summed E-state index contributed by atoms with van der Waals surface area (Å²) in [5, 5.41) is 2.41. The number of anilines is 1. The minimum Gasteiger partial charge on any atom is -0.342 e. The summed E-state index contributed by atoms with van der Waals surface area (Å²) in [6.07, 6.45) is -3.91. The van der Waals surface area contributed by atoms with Crippen molar-refractivity contribution in [1.82, 2.24) is 0 Å². The fraction of sp³-hybridized carbons (Fsp3) is 0.611. The highest BCUT2D eigenvalue weighted by molar-refractivity contribution is 5.95. The first-order valence-corrected chi connectivity index (χ1v) is 8.67. The van der Waals surface area contributed by atoms with Crippen molar-refractivity contribution in [2.24, 2.45) is 0 Å². The van der Waals surface area contributed by atoms with Gasteiger partial charge in [-0.3, -0.25) is 4.79 Å². The Bertz CT molecular complexity index is 770. The topological polar surface area (TPSA) is 75.3 Å². The summed E-state index contributed by atoms with van der Waals surface area (Å²) in [5.74, 6) is -4.15.